The van der Waals surface area contributed by atoms with Gasteiger partial charge in [-0.2, -0.15) is 13.2 Å². The molecule has 196 valence electrons. The number of hydrogen-bond acceptors (Lipinski definition) is 3. The average Bonchev–Trinajstić information content (AvgIpc) is 2.98. The van der Waals surface area contributed by atoms with Gasteiger partial charge >= 0.3 is 18.6 Å². The van der Waals surface area contributed by atoms with Gasteiger partial charge in [0, 0.05) is 27.0 Å². The molecule has 3 aromatic carbocycles. The zero-order valence-corrected chi connectivity index (χ0v) is 20.1. The molecular formula is C24H16Cl2F6N2O3. The molecule has 1 aliphatic heterocycles. The molecule has 1 aliphatic rings. The lowest BCUT2D eigenvalue weighted by molar-refractivity contribution is -0.274. The lowest BCUT2D eigenvalue weighted by atomic mass is 9.81. The Kier molecular flexibility index (Phi) is 6.54. The SMILES string of the molecule is C[C@@]1(C(F)(F)F)N(c2ccc(Cl)cc2)C(=O)N(c2ccc(Cl)cc2)C1(O)c1cccc(OC(F)(F)F)c1. The molecule has 0 bridgehead atoms. The predicted octanol–water partition coefficient (Wildman–Crippen LogP) is 7.50. The maximum atomic E-state index is 15.0. The van der Waals surface area contributed by atoms with E-state index < -0.39 is 41.1 Å². The summed E-state index contributed by atoms with van der Waals surface area (Å²) in [5, 5.41) is 12.4. The number of anilines is 2. The Morgan fingerprint density at radius 1 is 0.811 bits per heavy atom. The van der Waals surface area contributed by atoms with Gasteiger partial charge < -0.3 is 9.84 Å². The fraction of sp³-hybridized carbons (Fsp3) is 0.208. The van der Waals surface area contributed by atoms with Crippen LogP contribution in [0.15, 0.2) is 72.8 Å². The van der Waals surface area contributed by atoms with E-state index in [0.29, 0.717) is 22.8 Å². The number of carbonyl (C=O) groups excluding carboxylic acids is 1. The van der Waals surface area contributed by atoms with Gasteiger partial charge in [-0.15, -0.1) is 13.2 Å². The van der Waals surface area contributed by atoms with Gasteiger partial charge in [0.25, 0.3) is 0 Å². The maximum Gasteiger partial charge on any atom is 0.573 e. The van der Waals surface area contributed by atoms with E-state index in [1.807, 2.05) is 0 Å². The monoisotopic (exact) mass is 564 g/mol. The van der Waals surface area contributed by atoms with Crippen LogP contribution >= 0.6 is 23.2 Å². The summed E-state index contributed by atoms with van der Waals surface area (Å²) in [6.45, 7) is 0.576. The minimum absolute atomic E-state index is 0.172. The molecule has 3 aromatic rings. The molecule has 1 saturated heterocycles. The highest BCUT2D eigenvalue weighted by atomic mass is 35.5. The molecule has 1 fully saturated rings. The first-order valence-electron chi connectivity index (χ1n) is 10.4. The van der Waals surface area contributed by atoms with Crippen LogP contribution in [0.3, 0.4) is 0 Å². The number of benzene rings is 3. The standard InChI is InChI=1S/C24H16Cl2F6N2O3/c1-21(23(27,28)29)22(36,14-3-2-4-19(13-14)37-24(30,31)32)34(18-11-7-16(26)8-12-18)20(35)33(21)17-9-5-15(25)6-10-17/h2-13,36H,1H3/t21-,22?/m1/s1. The van der Waals surface area contributed by atoms with Crippen LogP contribution < -0.4 is 14.5 Å². The molecule has 0 saturated carbocycles. The van der Waals surface area contributed by atoms with Gasteiger partial charge in [-0.25, -0.2) is 4.79 Å². The Bertz CT molecular complexity index is 1320. The van der Waals surface area contributed by atoms with Crippen molar-refractivity contribution in [3.8, 4) is 5.75 Å². The van der Waals surface area contributed by atoms with Crippen molar-refractivity contribution >= 4 is 40.6 Å². The average molecular weight is 565 g/mol. The number of nitrogens with zero attached hydrogens (tertiary/aromatic N) is 2. The molecule has 0 aliphatic carbocycles. The Labute approximate surface area is 216 Å². The smallest absolute Gasteiger partial charge is 0.406 e. The van der Waals surface area contributed by atoms with Gasteiger partial charge in [-0.05, 0) is 67.6 Å². The third kappa shape index (κ3) is 4.45. The molecule has 1 heterocycles. The minimum Gasteiger partial charge on any atom is -0.406 e. The van der Waals surface area contributed by atoms with E-state index in [0.717, 1.165) is 30.3 Å². The first-order chi connectivity index (χ1) is 17.1. The quantitative estimate of drug-likeness (QED) is 0.334. The van der Waals surface area contributed by atoms with Crippen molar-refractivity contribution in [3.05, 3.63) is 88.4 Å². The van der Waals surface area contributed by atoms with Crippen LogP contribution in [0.1, 0.15) is 12.5 Å². The second-order valence-corrected chi connectivity index (χ2v) is 9.10. The number of ether oxygens (including phenoxy) is 1. The van der Waals surface area contributed by atoms with Crippen molar-refractivity contribution in [1.29, 1.82) is 0 Å². The summed E-state index contributed by atoms with van der Waals surface area (Å²) >= 11 is 11.8. The number of carbonyl (C=O) groups is 1. The number of alkyl halides is 6. The third-order valence-corrected chi connectivity index (χ3v) is 6.53. The van der Waals surface area contributed by atoms with Crippen molar-refractivity contribution in [3.63, 3.8) is 0 Å². The molecule has 0 radical (unpaired) electrons. The molecular weight excluding hydrogens is 549 g/mol. The lowest BCUT2D eigenvalue weighted by Crippen LogP contribution is -2.66. The van der Waals surface area contributed by atoms with E-state index in [-0.39, 0.29) is 21.4 Å². The van der Waals surface area contributed by atoms with Crippen LogP contribution in [0.25, 0.3) is 0 Å². The third-order valence-electron chi connectivity index (χ3n) is 6.02. The molecule has 2 atom stereocenters. The fourth-order valence-electron chi connectivity index (χ4n) is 4.29. The van der Waals surface area contributed by atoms with Gasteiger partial charge in [0.05, 0.1) is 0 Å². The molecule has 0 aromatic heterocycles. The second-order valence-electron chi connectivity index (χ2n) is 8.22. The molecule has 1 N–H and O–H groups in total. The Morgan fingerprint density at radius 2 is 1.30 bits per heavy atom. The van der Waals surface area contributed by atoms with Crippen LogP contribution in [0.2, 0.25) is 10.0 Å². The van der Waals surface area contributed by atoms with Crippen LogP contribution in [-0.4, -0.2) is 29.2 Å². The van der Waals surface area contributed by atoms with E-state index in [1.54, 1.807) is 0 Å². The van der Waals surface area contributed by atoms with Gasteiger partial charge in [0.2, 0.25) is 5.72 Å². The number of hydrogen-bond donors (Lipinski definition) is 1. The van der Waals surface area contributed by atoms with E-state index in [9.17, 15) is 23.1 Å². The minimum atomic E-state index is -5.32. The topological polar surface area (TPSA) is 53.0 Å². The highest BCUT2D eigenvalue weighted by Crippen LogP contribution is 2.57. The highest BCUT2D eigenvalue weighted by molar-refractivity contribution is 6.31. The molecule has 2 amide bonds. The van der Waals surface area contributed by atoms with Crippen LogP contribution in [0.4, 0.5) is 42.5 Å². The molecule has 37 heavy (non-hydrogen) atoms. The summed E-state index contributed by atoms with van der Waals surface area (Å²) in [5.41, 5.74) is -7.88. The van der Waals surface area contributed by atoms with Crippen molar-refractivity contribution in [2.24, 2.45) is 0 Å². The number of halogens is 8. The van der Waals surface area contributed by atoms with Crippen LogP contribution in [-0.2, 0) is 5.72 Å². The van der Waals surface area contributed by atoms with E-state index in [4.69, 9.17) is 23.2 Å². The number of amides is 2. The van der Waals surface area contributed by atoms with Crippen molar-refractivity contribution in [1.82, 2.24) is 0 Å². The molecule has 13 heteroatoms. The van der Waals surface area contributed by atoms with Crippen LogP contribution in [0, 0.1) is 0 Å². The molecule has 4 rings (SSSR count). The van der Waals surface area contributed by atoms with Crippen LogP contribution in [0.5, 0.6) is 5.75 Å². The largest absolute Gasteiger partial charge is 0.573 e. The van der Waals surface area contributed by atoms with Gasteiger partial charge in [0.1, 0.15) is 5.75 Å². The number of aliphatic hydroxyl groups is 1. The normalized spacial score (nSPS) is 22.5. The molecule has 1 unspecified atom stereocenters. The Hall–Kier alpha value is -3.15. The van der Waals surface area contributed by atoms with Gasteiger partial charge in [-0.3, -0.25) is 9.80 Å². The Balaban J connectivity index is 2.04. The summed E-state index contributed by atoms with van der Waals surface area (Å²) in [7, 11) is 0. The molecule has 0 spiro atoms. The fourth-order valence-corrected chi connectivity index (χ4v) is 4.55. The summed E-state index contributed by atoms with van der Waals surface area (Å²) in [6, 6.07) is 11.8. The summed E-state index contributed by atoms with van der Waals surface area (Å²) < 4.78 is 87.5. The second kappa shape index (κ2) is 9.00. The maximum absolute atomic E-state index is 15.0. The summed E-state index contributed by atoms with van der Waals surface area (Å²) in [4.78, 5) is 14.5. The van der Waals surface area contributed by atoms with Crippen molar-refractivity contribution < 1.29 is 41.0 Å². The predicted molar refractivity (Wildman–Crippen MR) is 125 cm³/mol. The summed E-state index contributed by atoms with van der Waals surface area (Å²) in [5.74, 6) is -0.892. The van der Waals surface area contributed by atoms with Crippen molar-refractivity contribution in [2.75, 3.05) is 9.80 Å². The Morgan fingerprint density at radius 3 is 1.76 bits per heavy atom. The number of urea groups is 1. The van der Waals surface area contributed by atoms with Crippen molar-refractivity contribution in [2.45, 2.75) is 30.7 Å². The van der Waals surface area contributed by atoms with Gasteiger partial charge in [0.15, 0.2) is 5.54 Å². The lowest BCUT2D eigenvalue weighted by Gasteiger charge is -2.45. The first kappa shape index (κ1) is 26.9. The zero-order valence-electron chi connectivity index (χ0n) is 18.6. The van der Waals surface area contributed by atoms with Gasteiger partial charge in [-0.1, -0.05) is 35.3 Å². The first-order valence-corrected chi connectivity index (χ1v) is 11.2. The highest BCUT2D eigenvalue weighted by Gasteiger charge is 2.77. The number of rotatable bonds is 4. The van der Waals surface area contributed by atoms with E-state index >= 15 is 13.2 Å². The molecule has 5 nitrogen and oxygen atoms in total. The summed E-state index contributed by atoms with van der Waals surface area (Å²) in [6.07, 6.45) is -10.5. The zero-order chi connectivity index (χ0) is 27.4. The van der Waals surface area contributed by atoms with E-state index in [1.165, 1.54) is 36.4 Å². The van der Waals surface area contributed by atoms with E-state index in [2.05, 4.69) is 4.74 Å².